The van der Waals surface area contributed by atoms with Crippen LogP contribution < -0.4 is 12.4 Å². The minimum absolute atomic E-state index is 0. The number of esters is 1. The largest absolute Gasteiger partial charge is 1.00 e. The Bertz CT molecular complexity index is 169. The zero-order valence-corrected chi connectivity index (χ0v) is 10.7. The Hall–Kier alpha value is 0.01000. The first-order chi connectivity index (χ1) is 5.87. The summed E-state index contributed by atoms with van der Waals surface area (Å²) in [6, 6.07) is 0. The minimum Gasteiger partial charge on any atom is -1.00 e. The zero-order valence-electron chi connectivity index (χ0n) is 9.22. The van der Waals surface area contributed by atoms with Gasteiger partial charge in [0, 0.05) is 0 Å². The molecule has 3 nitrogen and oxygen atoms in total. The van der Waals surface area contributed by atoms with Gasteiger partial charge in [-0.3, -0.25) is 4.79 Å². The summed E-state index contributed by atoms with van der Waals surface area (Å²) in [6.07, 6.45) is 0.616. The summed E-state index contributed by atoms with van der Waals surface area (Å²) in [6.45, 7) is 3.10. The lowest BCUT2D eigenvalue weighted by Gasteiger charge is -2.23. The first kappa shape index (κ1) is 16.4. The third kappa shape index (κ3) is 8.60. The van der Waals surface area contributed by atoms with E-state index in [0.29, 0.717) is 13.0 Å². The van der Waals surface area contributed by atoms with Crippen LogP contribution in [0, 0.1) is 0 Å². The molecule has 0 aliphatic heterocycles. The number of quaternary nitrogens is 1. The van der Waals surface area contributed by atoms with Crippen molar-refractivity contribution in [1.29, 1.82) is 0 Å². The first-order valence-electron chi connectivity index (χ1n) is 4.48. The molecule has 1 atom stereocenters. The second kappa shape index (κ2) is 7.32. The molecule has 0 fully saturated rings. The maximum atomic E-state index is 11.1. The van der Waals surface area contributed by atoms with Crippen molar-refractivity contribution in [1.82, 2.24) is 0 Å². The minimum atomic E-state index is -0.493. The molecular weight excluding hydrogens is 225 g/mol. The molecule has 14 heavy (non-hydrogen) atoms. The van der Waals surface area contributed by atoms with Crippen LogP contribution in [0.25, 0.3) is 0 Å². The fraction of sp³-hybridized carbons (Fsp3) is 0.889. The van der Waals surface area contributed by atoms with E-state index in [1.165, 1.54) is 0 Å². The van der Waals surface area contributed by atoms with E-state index in [1.54, 1.807) is 0 Å². The van der Waals surface area contributed by atoms with Crippen LogP contribution in [-0.2, 0) is 9.53 Å². The molecule has 1 unspecified atom stereocenters. The van der Waals surface area contributed by atoms with Gasteiger partial charge in [0.05, 0.1) is 21.1 Å². The van der Waals surface area contributed by atoms with Crippen LogP contribution in [-0.4, -0.2) is 50.1 Å². The Morgan fingerprint density at radius 3 is 2.29 bits per heavy atom. The molecule has 0 aromatic heterocycles. The van der Waals surface area contributed by atoms with E-state index in [0.717, 1.165) is 11.0 Å². The summed E-state index contributed by atoms with van der Waals surface area (Å²) in [5.41, 5.74) is 0. The molecule has 0 bridgehead atoms. The van der Waals surface area contributed by atoms with Gasteiger partial charge in [-0.2, -0.15) is 0 Å². The monoisotopic (exact) mass is 243 g/mol. The van der Waals surface area contributed by atoms with E-state index in [2.05, 4.69) is 0 Å². The smallest absolute Gasteiger partial charge is 0.324 e. The Morgan fingerprint density at radius 2 is 1.93 bits per heavy atom. The van der Waals surface area contributed by atoms with Gasteiger partial charge < -0.3 is 21.6 Å². The van der Waals surface area contributed by atoms with Crippen LogP contribution >= 0.6 is 11.6 Å². The second-order valence-corrected chi connectivity index (χ2v) is 4.58. The van der Waals surface area contributed by atoms with Gasteiger partial charge in [-0.1, -0.05) is 6.92 Å². The summed E-state index contributed by atoms with van der Waals surface area (Å²) in [5.74, 6) is -0.308. The Kier molecular flexibility index (Phi) is 8.60. The average molecular weight is 244 g/mol. The summed E-state index contributed by atoms with van der Waals surface area (Å²) >= 11 is 5.69. The SMILES string of the molecule is CCC(Cl)C(=O)OCC[N+](C)(C)C.[Cl-]. The van der Waals surface area contributed by atoms with E-state index in [1.807, 2.05) is 28.1 Å². The van der Waals surface area contributed by atoms with Crippen molar-refractivity contribution < 1.29 is 26.4 Å². The van der Waals surface area contributed by atoms with Gasteiger partial charge in [0.2, 0.25) is 0 Å². The van der Waals surface area contributed by atoms with Gasteiger partial charge in [-0.05, 0) is 6.42 Å². The van der Waals surface area contributed by atoms with Crippen molar-refractivity contribution in [3.05, 3.63) is 0 Å². The van der Waals surface area contributed by atoms with Crippen LogP contribution in [0.4, 0.5) is 0 Å². The predicted octanol–water partition coefficient (Wildman–Crippen LogP) is -1.74. The Labute approximate surface area is 97.4 Å². The summed E-state index contributed by atoms with van der Waals surface area (Å²) in [7, 11) is 6.14. The van der Waals surface area contributed by atoms with Gasteiger partial charge >= 0.3 is 5.97 Å². The van der Waals surface area contributed by atoms with Crippen molar-refractivity contribution >= 4 is 17.6 Å². The molecule has 0 amide bonds. The lowest BCUT2D eigenvalue weighted by atomic mass is 10.3. The molecule has 0 aliphatic rings. The highest BCUT2D eigenvalue weighted by molar-refractivity contribution is 6.29. The highest BCUT2D eigenvalue weighted by Crippen LogP contribution is 2.03. The van der Waals surface area contributed by atoms with Crippen molar-refractivity contribution in [3.8, 4) is 0 Å². The number of likely N-dealkylation sites (N-methyl/N-ethyl adjacent to an activating group) is 1. The highest BCUT2D eigenvalue weighted by atomic mass is 35.5. The van der Waals surface area contributed by atoms with E-state index in [4.69, 9.17) is 16.3 Å². The number of halogens is 2. The average Bonchev–Trinajstić information content (AvgIpc) is 2.00. The topological polar surface area (TPSA) is 26.3 Å². The molecule has 0 saturated heterocycles. The van der Waals surface area contributed by atoms with E-state index >= 15 is 0 Å². The van der Waals surface area contributed by atoms with E-state index in [-0.39, 0.29) is 18.4 Å². The summed E-state index contributed by atoms with van der Waals surface area (Å²) < 4.78 is 5.77. The molecule has 0 aromatic rings. The van der Waals surface area contributed by atoms with Gasteiger partial charge in [0.1, 0.15) is 18.5 Å². The third-order valence-electron chi connectivity index (χ3n) is 1.62. The van der Waals surface area contributed by atoms with Crippen molar-refractivity contribution in [2.45, 2.75) is 18.7 Å². The quantitative estimate of drug-likeness (QED) is 0.326. The molecule has 86 valence electrons. The summed E-state index contributed by atoms with van der Waals surface area (Å²) in [4.78, 5) is 11.1. The van der Waals surface area contributed by atoms with Gasteiger partial charge in [-0.25, -0.2) is 0 Å². The third-order valence-corrected chi connectivity index (χ3v) is 2.11. The number of carbonyl (C=O) groups excluding carboxylic acids is 1. The molecule has 0 N–H and O–H groups in total. The number of carbonyl (C=O) groups is 1. The first-order valence-corrected chi connectivity index (χ1v) is 4.91. The number of nitrogens with zero attached hydrogens (tertiary/aromatic N) is 1. The van der Waals surface area contributed by atoms with Crippen LogP contribution in [0.3, 0.4) is 0 Å². The fourth-order valence-electron chi connectivity index (χ4n) is 0.677. The molecule has 0 spiro atoms. The maximum Gasteiger partial charge on any atom is 0.324 e. The number of hydrogen-bond acceptors (Lipinski definition) is 2. The highest BCUT2D eigenvalue weighted by Gasteiger charge is 2.15. The van der Waals surface area contributed by atoms with Crippen molar-refractivity contribution in [2.24, 2.45) is 0 Å². The van der Waals surface area contributed by atoms with E-state index in [9.17, 15) is 4.79 Å². The zero-order chi connectivity index (χ0) is 10.5. The number of hydrogen-bond donors (Lipinski definition) is 0. The summed E-state index contributed by atoms with van der Waals surface area (Å²) in [5, 5.41) is -0.493. The number of rotatable bonds is 5. The molecule has 0 heterocycles. The van der Waals surface area contributed by atoms with Crippen LogP contribution in [0.5, 0.6) is 0 Å². The van der Waals surface area contributed by atoms with Crippen LogP contribution in [0.1, 0.15) is 13.3 Å². The standard InChI is InChI=1S/C9H19ClNO2.ClH/c1-5-8(10)9(12)13-7-6-11(2,3)4;/h8H,5-7H2,1-4H3;1H/q+1;/p-1. The lowest BCUT2D eigenvalue weighted by molar-refractivity contribution is -0.870. The Balaban J connectivity index is 0. The molecule has 0 radical (unpaired) electrons. The van der Waals surface area contributed by atoms with Crippen molar-refractivity contribution in [2.75, 3.05) is 34.3 Å². The maximum absolute atomic E-state index is 11.1. The fourth-order valence-corrected chi connectivity index (χ4v) is 0.740. The van der Waals surface area contributed by atoms with Crippen molar-refractivity contribution in [3.63, 3.8) is 0 Å². The number of ether oxygens (including phenoxy) is 1. The predicted molar refractivity (Wildman–Crippen MR) is 53.8 cm³/mol. The van der Waals surface area contributed by atoms with Gasteiger partial charge in [0.15, 0.2) is 0 Å². The Morgan fingerprint density at radius 1 is 1.43 bits per heavy atom. The molecule has 0 saturated carbocycles. The lowest BCUT2D eigenvalue weighted by Crippen LogP contribution is -3.00. The molecule has 5 heteroatoms. The normalized spacial score (nSPS) is 12.9. The van der Waals surface area contributed by atoms with Crippen LogP contribution in [0.2, 0.25) is 0 Å². The molecule has 0 aliphatic carbocycles. The number of alkyl halides is 1. The van der Waals surface area contributed by atoms with Gasteiger partial charge in [-0.15, -0.1) is 11.6 Å². The molecular formula is C9H19Cl2NO2. The second-order valence-electron chi connectivity index (χ2n) is 4.06. The van der Waals surface area contributed by atoms with Gasteiger partial charge in [0.25, 0.3) is 0 Å². The molecule has 0 aromatic carbocycles. The molecule has 0 rings (SSSR count). The van der Waals surface area contributed by atoms with E-state index < -0.39 is 5.38 Å². The van der Waals surface area contributed by atoms with Crippen LogP contribution in [0.15, 0.2) is 0 Å².